The van der Waals surface area contributed by atoms with Gasteiger partial charge in [0.1, 0.15) is 10.7 Å². The van der Waals surface area contributed by atoms with Gasteiger partial charge in [0.05, 0.1) is 20.8 Å². The van der Waals surface area contributed by atoms with Crippen LogP contribution in [0.4, 0.5) is 4.39 Å². The number of rotatable bonds is 8. The number of methoxy groups -OCH3 is 2. The maximum atomic E-state index is 14.1. The summed E-state index contributed by atoms with van der Waals surface area (Å²) in [6, 6.07) is 1.99. The molecule has 0 saturated heterocycles. The molecule has 1 aromatic carbocycles. The van der Waals surface area contributed by atoms with E-state index in [1.165, 1.54) is 20.3 Å². The van der Waals surface area contributed by atoms with Gasteiger partial charge in [-0.25, -0.2) is 12.8 Å². The third-order valence-corrected chi connectivity index (χ3v) is 4.62. The van der Waals surface area contributed by atoms with Crippen LogP contribution in [0.1, 0.15) is 0 Å². The fourth-order valence-electron chi connectivity index (χ4n) is 1.74. The van der Waals surface area contributed by atoms with E-state index in [2.05, 4.69) is 6.58 Å². The second-order valence-electron chi connectivity index (χ2n) is 4.01. The molecule has 0 atom stereocenters. The summed E-state index contributed by atoms with van der Waals surface area (Å²) in [5, 5.41) is 8.95. The quantitative estimate of drug-likeness (QED) is 0.724. The molecule has 0 heterocycles. The van der Waals surface area contributed by atoms with Gasteiger partial charge < -0.3 is 14.6 Å². The molecule has 21 heavy (non-hydrogen) atoms. The van der Waals surface area contributed by atoms with Gasteiger partial charge in [-0.2, -0.15) is 4.31 Å². The van der Waals surface area contributed by atoms with Gasteiger partial charge in [0, 0.05) is 25.2 Å². The van der Waals surface area contributed by atoms with E-state index in [9.17, 15) is 12.8 Å². The van der Waals surface area contributed by atoms with E-state index in [1.807, 2.05) is 0 Å². The molecule has 0 aromatic heterocycles. The predicted molar refractivity (Wildman–Crippen MR) is 75.5 cm³/mol. The van der Waals surface area contributed by atoms with Crippen LogP contribution >= 0.6 is 0 Å². The second kappa shape index (κ2) is 7.39. The number of hydrogen-bond donors (Lipinski definition) is 1. The number of ether oxygens (including phenoxy) is 2. The summed E-state index contributed by atoms with van der Waals surface area (Å²) in [5.74, 6) is -0.772. The molecule has 0 aliphatic heterocycles. The van der Waals surface area contributed by atoms with E-state index in [0.717, 1.165) is 16.4 Å². The molecule has 6 nitrogen and oxygen atoms in total. The molecule has 8 heteroatoms. The number of aliphatic hydroxyl groups is 1. The van der Waals surface area contributed by atoms with Gasteiger partial charge in [-0.15, -0.1) is 6.58 Å². The molecule has 0 aliphatic carbocycles. The molecule has 0 radical (unpaired) electrons. The fraction of sp³-hybridized carbons (Fsp3) is 0.385. The Morgan fingerprint density at radius 3 is 2.38 bits per heavy atom. The summed E-state index contributed by atoms with van der Waals surface area (Å²) < 4.78 is 49.7. The first-order valence-electron chi connectivity index (χ1n) is 6.05. The minimum atomic E-state index is -4.12. The summed E-state index contributed by atoms with van der Waals surface area (Å²) in [7, 11) is -1.48. The topological polar surface area (TPSA) is 76.1 Å². The summed E-state index contributed by atoms with van der Waals surface area (Å²) in [4.78, 5) is -0.546. The number of hydrogen-bond acceptors (Lipinski definition) is 5. The van der Waals surface area contributed by atoms with Crippen molar-refractivity contribution in [1.82, 2.24) is 4.31 Å². The van der Waals surface area contributed by atoms with Gasteiger partial charge in [0.2, 0.25) is 10.0 Å². The molecule has 0 bridgehead atoms. The molecule has 0 aliphatic rings. The molecule has 0 unspecified atom stereocenters. The van der Waals surface area contributed by atoms with Crippen molar-refractivity contribution in [2.45, 2.75) is 4.90 Å². The number of halogens is 1. The first-order valence-corrected chi connectivity index (χ1v) is 7.49. The van der Waals surface area contributed by atoms with Crippen molar-refractivity contribution < 1.29 is 27.4 Å². The molecule has 0 amide bonds. The van der Waals surface area contributed by atoms with Gasteiger partial charge in [0.25, 0.3) is 0 Å². The lowest BCUT2D eigenvalue weighted by Crippen LogP contribution is -2.34. The smallest absolute Gasteiger partial charge is 0.246 e. The highest BCUT2D eigenvalue weighted by Gasteiger charge is 2.28. The molecule has 1 N–H and O–H groups in total. The van der Waals surface area contributed by atoms with Crippen molar-refractivity contribution in [3.05, 3.63) is 30.6 Å². The summed E-state index contributed by atoms with van der Waals surface area (Å²) in [6.07, 6.45) is 1.35. The van der Waals surface area contributed by atoms with Crippen molar-refractivity contribution >= 4 is 10.0 Å². The van der Waals surface area contributed by atoms with Crippen LogP contribution in [0, 0.1) is 5.82 Å². The normalized spacial score (nSPS) is 11.5. The molecule has 1 aromatic rings. The second-order valence-corrected chi connectivity index (χ2v) is 5.92. The predicted octanol–water partition coefficient (Wildman–Crippen LogP) is 1.01. The lowest BCUT2D eigenvalue weighted by Gasteiger charge is -2.20. The van der Waals surface area contributed by atoms with Crippen molar-refractivity contribution in [2.75, 3.05) is 33.9 Å². The summed E-state index contributed by atoms with van der Waals surface area (Å²) in [5.41, 5.74) is 0. The average molecular weight is 319 g/mol. The van der Waals surface area contributed by atoms with E-state index in [1.54, 1.807) is 0 Å². The van der Waals surface area contributed by atoms with Crippen molar-refractivity contribution in [3.8, 4) is 11.5 Å². The highest BCUT2D eigenvalue weighted by atomic mass is 32.2. The Labute approximate surface area is 123 Å². The van der Waals surface area contributed by atoms with Gasteiger partial charge in [-0.3, -0.25) is 0 Å². The first-order chi connectivity index (χ1) is 9.92. The van der Waals surface area contributed by atoms with Crippen LogP contribution in [-0.4, -0.2) is 51.7 Å². The molecule has 0 saturated carbocycles. The molecule has 0 fully saturated rings. The number of benzene rings is 1. The van der Waals surface area contributed by atoms with Crippen LogP contribution in [0.5, 0.6) is 11.5 Å². The average Bonchev–Trinajstić information content (AvgIpc) is 2.46. The lowest BCUT2D eigenvalue weighted by atomic mass is 10.3. The molecule has 0 spiro atoms. The van der Waals surface area contributed by atoms with Gasteiger partial charge >= 0.3 is 0 Å². The van der Waals surface area contributed by atoms with Gasteiger partial charge in [-0.1, -0.05) is 6.08 Å². The van der Waals surface area contributed by atoms with Crippen LogP contribution in [0.3, 0.4) is 0 Å². The summed E-state index contributed by atoms with van der Waals surface area (Å²) in [6.45, 7) is 2.85. The summed E-state index contributed by atoms with van der Waals surface area (Å²) >= 11 is 0. The lowest BCUT2D eigenvalue weighted by molar-refractivity contribution is 0.260. The Hall–Kier alpha value is -1.64. The van der Waals surface area contributed by atoms with Gasteiger partial charge in [0.15, 0.2) is 11.5 Å². The third-order valence-electron chi connectivity index (χ3n) is 2.74. The minimum Gasteiger partial charge on any atom is -0.493 e. The highest BCUT2D eigenvalue weighted by molar-refractivity contribution is 7.89. The Morgan fingerprint density at radius 1 is 1.33 bits per heavy atom. The molecular weight excluding hydrogens is 301 g/mol. The van der Waals surface area contributed by atoms with E-state index >= 15 is 0 Å². The zero-order valence-corrected chi connectivity index (χ0v) is 12.7. The Morgan fingerprint density at radius 2 is 1.90 bits per heavy atom. The minimum absolute atomic E-state index is 0.0450. The monoisotopic (exact) mass is 319 g/mol. The first kappa shape index (κ1) is 17.4. The van der Waals surface area contributed by atoms with Crippen molar-refractivity contribution in [1.29, 1.82) is 0 Å². The van der Waals surface area contributed by atoms with Crippen LogP contribution in [0.15, 0.2) is 29.7 Å². The van der Waals surface area contributed by atoms with E-state index in [0.29, 0.717) is 0 Å². The molecule has 118 valence electrons. The van der Waals surface area contributed by atoms with Crippen LogP contribution in [-0.2, 0) is 10.0 Å². The van der Waals surface area contributed by atoms with Gasteiger partial charge in [-0.05, 0) is 0 Å². The maximum absolute atomic E-state index is 14.1. The standard InChI is InChI=1S/C13H18FNO5S/c1-4-5-15(6-7-16)21(17,18)13-9-12(20-3)11(19-2)8-10(13)14/h4,8-9,16H,1,5-7H2,2-3H3. The number of aliphatic hydroxyl groups excluding tert-OH is 1. The Balaban J connectivity index is 3.39. The van der Waals surface area contributed by atoms with Crippen LogP contribution in [0.25, 0.3) is 0 Å². The molecule has 1 rings (SSSR count). The van der Waals surface area contributed by atoms with E-state index in [4.69, 9.17) is 14.6 Å². The van der Waals surface area contributed by atoms with Crippen LogP contribution < -0.4 is 9.47 Å². The highest BCUT2D eigenvalue weighted by Crippen LogP contribution is 2.33. The Kier molecular flexibility index (Phi) is 6.13. The fourth-order valence-corrected chi connectivity index (χ4v) is 3.20. The Bertz CT molecular complexity index is 603. The van der Waals surface area contributed by atoms with Crippen LogP contribution in [0.2, 0.25) is 0 Å². The number of sulfonamides is 1. The number of nitrogens with zero attached hydrogens (tertiary/aromatic N) is 1. The zero-order valence-electron chi connectivity index (χ0n) is 11.9. The molecular formula is C13H18FNO5S. The van der Waals surface area contributed by atoms with E-state index in [-0.39, 0.29) is 31.2 Å². The van der Waals surface area contributed by atoms with Crippen molar-refractivity contribution in [2.24, 2.45) is 0 Å². The maximum Gasteiger partial charge on any atom is 0.246 e. The van der Waals surface area contributed by atoms with Crippen molar-refractivity contribution in [3.63, 3.8) is 0 Å². The SMILES string of the molecule is C=CCN(CCO)S(=O)(=O)c1cc(OC)c(OC)cc1F. The largest absolute Gasteiger partial charge is 0.493 e. The third kappa shape index (κ3) is 3.72. The zero-order chi connectivity index (χ0) is 16.0. The van der Waals surface area contributed by atoms with E-state index < -0.39 is 20.7 Å².